The van der Waals surface area contributed by atoms with Gasteiger partial charge in [-0.2, -0.15) is 0 Å². The van der Waals surface area contributed by atoms with E-state index in [-0.39, 0.29) is 5.82 Å². The maximum Gasteiger partial charge on any atom is 0.146 e. The molecule has 0 spiro atoms. The second kappa shape index (κ2) is 5.45. The van der Waals surface area contributed by atoms with Crippen LogP contribution in [0.15, 0.2) is 18.2 Å². The second-order valence-electron chi connectivity index (χ2n) is 4.69. The number of nitrogens with zero attached hydrogens (tertiary/aromatic N) is 1. The summed E-state index contributed by atoms with van der Waals surface area (Å²) in [6, 6.07) is 3.58. The third kappa shape index (κ3) is 3.16. The molecule has 17 heavy (non-hydrogen) atoms. The van der Waals surface area contributed by atoms with Crippen molar-refractivity contribution in [2.24, 2.45) is 5.92 Å². The van der Waals surface area contributed by atoms with E-state index in [0.717, 1.165) is 38.5 Å². The normalized spacial score (nSPS) is 20.3. The van der Waals surface area contributed by atoms with Gasteiger partial charge in [-0.3, -0.25) is 0 Å². The van der Waals surface area contributed by atoms with Gasteiger partial charge in [0.05, 0.1) is 5.69 Å². The van der Waals surface area contributed by atoms with E-state index in [0.29, 0.717) is 11.6 Å². The molecule has 1 atom stereocenters. The van der Waals surface area contributed by atoms with Crippen LogP contribution in [-0.4, -0.2) is 26.7 Å². The smallest absolute Gasteiger partial charge is 0.146 e. The van der Waals surface area contributed by atoms with E-state index in [2.05, 4.69) is 5.32 Å². The van der Waals surface area contributed by atoms with Gasteiger partial charge in [-0.1, -0.05) is 0 Å². The van der Waals surface area contributed by atoms with Gasteiger partial charge in [0.1, 0.15) is 11.6 Å². The van der Waals surface area contributed by atoms with E-state index in [1.165, 1.54) is 12.1 Å². The zero-order valence-electron chi connectivity index (χ0n) is 10.0. The van der Waals surface area contributed by atoms with Gasteiger partial charge in [0, 0.05) is 19.7 Å². The Bertz CT molecular complexity index is 376. The van der Waals surface area contributed by atoms with Gasteiger partial charge in [0.2, 0.25) is 0 Å². The Morgan fingerprint density at radius 3 is 2.94 bits per heavy atom. The Kier molecular flexibility index (Phi) is 3.94. The average molecular weight is 240 g/mol. The minimum atomic E-state index is -0.394. The average Bonchev–Trinajstić information content (AvgIpc) is 2.33. The quantitative estimate of drug-likeness (QED) is 0.872. The SMILES string of the molecule is CN(CC1CCCNC1)c1cc(F)ccc1F. The maximum atomic E-state index is 13.6. The zero-order valence-corrected chi connectivity index (χ0v) is 10.0. The first-order valence-corrected chi connectivity index (χ1v) is 6.03. The van der Waals surface area contributed by atoms with Gasteiger partial charge in [-0.05, 0) is 44.0 Å². The van der Waals surface area contributed by atoms with Crippen LogP contribution < -0.4 is 10.2 Å². The van der Waals surface area contributed by atoms with Gasteiger partial charge in [0.25, 0.3) is 0 Å². The van der Waals surface area contributed by atoms with Crippen LogP contribution in [0.3, 0.4) is 0 Å². The molecule has 1 aliphatic heterocycles. The number of halogens is 2. The number of anilines is 1. The molecule has 4 heteroatoms. The monoisotopic (exact) mass is 240 g/mol. The van der Waals surface area contributed by atoms with Gasteiger partial charge in [-0.25, -0.2) is 8.78 Å². The number of piperidine rings is 1. The fourth-order valence-electron chi connectivity index (χ4n) is 2.34. The summed E-state index contributed by atoms with van der Waals surface area (Å²) in [5.41, 5.74) is 0.343. The summed E-state index contributed by atoms with van der Waals surface area (Å²) >= 11 is 0. The summed E-state index contributed by atoms with van der Waals surface area (Å²) in [4.78, 5) is 1.80. The van der Waals surface area contributed by atoms with Gasteiger partial charge < -0.3 is 10.2 Å². The molecule has 1 fully saturated rings. The lowest BCUT2D eigenvalue weighted by Gasteiger charge is -2.29. The molecule has 2 rings (SSSR count). The summed E-state index contributed by atoms with van der Waals surface area (Å²) in [6.45, 7) is 2.78. The largest absolute Gasteiger partial charge is 0.372 e. The Labute approximate surface area is 101 Å². The molecule has 1 heterocycles. The Morgan fingerprint density at radius 1 is 1.41 bits per heavy atom. The molecular formula is C13H18F2N2. The number of nitrogens with one attached hydrogen (secondary N) is 1. The predicted octanol–water partition coefficient (Wildman–Crippen LogP) is 2.40. The summed E-state index contributed by atoms with van der Waals surface area (Å²) < 4.78 is 26.6. The van der Waals surface area contributed by atoms with E-state index in [1.54, 1.807) is 4.90 Å². The standard InChI is InChI=1S/C13H18F2N2/c1-17(9-10-3-2-6-16-8-10)13-7-11(14)4-5-12(13)15/h4-5,7,10,16H,2-3,6,8-9H2,1H3. The molecule has 94 valence electrons. The van der Waals surface area contributed by atoms with Crippen LogP contribution in [0.5, 0.6) is 0 Å². The first kappa shape index (κ1) is 12.3. The Balaban J connectivity index is 2.02. The molecule has 1 aliphatic rings. The highest BCUT2D eigenvalue weighted by Crippen LogP contribution is 2.21. The third-order valence-electron chi connectivity index (χ3n) is 3.25. The molecule has 0 saturated carbocycles. The highest BCUT2D eigenvalue weighted by Gasteiger charge is 2.17. The number of hydrogen-bond acceptors (Lipinski definition) is 2. The minimum Gasteiger partial charge on any atom is -0.372 e. The van der Waals surface area contributed by atoms with Crippen molar-refractivity contribution in [2.45, 2.75) is 12.8 Å². The van der Waals surface area contributed by atoms with Crippen LogP contribution in [0.4, 0.5) is 14.5 Å². The van der Waals surface area contributed by atoms with Crippen molar-refractivity contribution in [3.8, 4) is 0 Å². The first-order valence-electron chi connectivity index (χ1n) is 6.03. The van der Waals surface area contributed by atoms with Crippen molar-refractivity contribution in [3.05, 3.63) is 29.8 Å². The van der Waals surface area contributed by atoms with Gasteiger partial charge >= 0.3 is 0 Å². The van der Waals surface area contributed by atoms with Crippen LogP contribution >= 0.6 is 0 Å². The number of hydrogen-bond donors (Lipinski definition) is 1. The van der Waals surface area contributed by atoms with Crippen molar-refractivity contribution in [1.29, 1.82) is 0 Å². The van der Waals surface area contributed by atoms with E-state index < -0.39 is 5.82 Å². The summed E-state index contributed by atoms with van der Waals surface area (Å²) in [6.07, 6.45) is 2.30. The summed E-state index contributed by atoms with van der Waals surface area (Å²) in [5.74, 6) is -0.246. The van der Waals surface area contributed by atoms with Crippen molar-refractivity contribution in [3.63, 3.8) is 0 Å². The second-order valence-corrected chi connectivity index (χ2v) is 4.69. The van der Waals surface area contributed by atoms with Crippen LogP contribution in [0, 0.1) is 17.6 Å². The van der Waals surface area contributed by atoms with Crippen molar-refractivity contribution < 1.29 is 8.78 Å². The molecule has 1 aromatic rings. The topological polar surface area (TPSA) is 15.3 Å². The van der Waals surface area contributed by atoms with Gasteiger partial charge in [0.15, 0.2) is 0 Å². The van der Waals surface area contributed by atoms with Crippen molar-refractivity contribution in [1.82, 2.24) is 5.32 Å². The fourth-order valence-corrected chi connectivity index (χ4v) is 2.34. The lowest BCUT2D eigenvalue weighted by Crippen LogP contribution is -2.37. The third-order valence-corrected chi connectivity index (χ3v) is 3.25. The highest BCUT2D eigenvalue weighted by molar-refractivity contribution is 5.47. The summed E-state index contributed by atoms with van der Waals surface area (Å²) in [7, 11) is 1.81. The summed E-state index contributed by atoms with van der Waals surface area (Å²) in [5, 5.41) is 3.32. The molecule has 1 saturated heterocycles. The van der Waals surface area contributed by atoms with Gasteiger partial charge in [-0.15, -0.1) is 0 Å². The lowest BCUT2D eigenvalue weighted by atomic mass is 9.99. The van der Waals surface area contributed by atoms with Crippen LogP contribution in [0.25, 0.3) is 0 Å². The highest BCUT2D eigenvalue weighted by atomic mass is 19.1. The molecule has 1 aromatic carbocycles. The van der Waals surface area contributed by atoms with E-state index in [4.69, 9.17) is 0 Å². The number of benzene rings is 1. The number of rotatable bonds is 3. The van der Waals surface area contributed by atoms with Crippen LogP contribution in [0.1, 0.15) is 12.8 Å². The molecular weight excluding hydrogens is 222 g/mol. The van der Waals surface area contributed by atoms with Crippen LogP contribution in [-0.2, 0) is 0 Å². The van der Waals surface area contributed by atoms with E-state index in [9.17, 15) is 8.78 Å². The fraction of sp³-hybridized carbons (Fsp3) is 0.538. The van der Waals surface area contributed by atoms with Crippen molar-refractivity contribution >= 4 is 5.69 Å². The van der Waals surface area contributed by atoms with Crippen molar-refractivity contribution in [2.75, 3.05) is 31.6 Å². The molecule has 1 N–H and O–H groups in total. The van der Waals surface area contributed by atoms with E-state index in [1.807, 2.05) is 7.05 Å². The maximum absolute atomic E-state index is 13.6. The Morgan fingerprint density at radius 2 is 2.24 bits per heavy atom. The predicted molar refractivity (Wildman–Crippen MR) is 65.2 cm³/mol. The van der Waals surface area contributed by atoms with Crippen LogP contribution in [0.2, 0.25) is 0 Å². The lowest BCUT2D eigenvalue weighted by molar-refractivity contribution is 0.380. The minimum absolute atomic E-state index is 0.343. The Hall–Kier alpha value is -1.16. The molecule has 0 radical (unpaired) electrons. The molecule has 0 bridgehead atoms. The molecule has 1 unspecified atom stereocenters. The molecule has 0 aliphatic carbocycles. The molecule has 2 nitrogen and oxygen atoms in total. The zero-order chi connectivity index (χ0) is 12.3. The first-order chi connectivity index (χ1) is 8.16. The molecule has 0 amide bonds. The van der Waals surface area contributed by atoms with E-state index >= 15 is 0 Å². The molecule has 0 aromatic heterocycles.